The van der Waals surface area contributed by atoms with E-state index in [0.29, 0.717) is 35.0 Å². The average Bonchev–Trinajstić information content (AvgIpc) is 3.45. The van der Waals surface area contributed by atoms with Crippen LogP contribution in [0.3, 0.4) is 0 Å². The number of hydrogen-bond donors (Lipinski definition) is 0. The van der Waals surface area contributed by atoms with Crippen LogP contribution in [0.15, 0.2) is 35.5 Å². The van der Waals surface area contributed by atoms with Crippen LogP contribution in [0.4, 0.5) is 0 Å². The molecular weight excluding hydrogens is 460 g/mol. The zero-order valence-electron chi connectivity index (χ0n) is 24.3. The minimum absolute atomic E-state index is 0.285. The quantitative estimate of drug-likeness (QED) is 0.323. The van der Waals surface area contributed by atoms with Gasteiger partial charge in [0.1, 0.15) is 12.2 Å². The van der Waals surface area contributed by atoms with Crippen molar-refractivity contribution in [2.75, 3.05) is 0 Å². The number of hydrogen-bond acceptors (Lipinski definition) is 4. The van der Waals surface area contributed by atoms with E-state index in [1.54, 1.807) is 5.57 Å². The Labute approximate surface area is 225 Å². The van der Waals surface area contributed by atoms with E-state index in [4.69, 9.17) is 9.47 Å². The summed E-state index contributed by atoms with van der Waals surface area (Å²) >= 11 is 0. The van der Waals surface area contributed by atoms with Crippen LogP contribution in [0.1, 0.15) is 119 Å². The number of ether oxygens (including phenoxy) is 2. The van der Waals surface area contributed by atoms with Gasteiger partial charge >= 0.3 is 11.9 Å². The Balaban J connectivity index is 1.51. The maximum atomic E-state index is 11.7. The first kappa shape index (κ1) is 28.2. The lowest BCUT2D eigenvalue weighted by molar-refractivity contribution is -0.152. The summed E-state index contributed by atoms with van der Waals surface area (Å²) in [6.07, 6.45) is 18.4. The summed E-state index contributed by atoms with van der Waals surface area (Å²) in [6, 6.07) is 0. The fourth-order valence-corrected chi connectivity index (χ4v) is 8.22. The summed E-state index contributed by atoms with van der Waals surface area (Å²) < 4.78 is 11.1. The molecule has 4 fully saturated rings. The van der Waals surface area contributed by atoms with E-state index in [1.807, 2.05) is 0 Å². The fourth-order valence-electron chi connectivity index (χ4n) is 8.22. The number of esters is 2. The third-order valence-corrected chi connectivity index (χ3v) is 10.1. The van der Waals surface area contributed by atoms with Gasteiger partial charge in [-0.05, 0) is 97.0 Å². The molecule has 206 valence electrons. The van der Waals surface area contributed by atoms with Gasteiger partial charge in [0.15, 0.2) is 0 Å². The third kappa shape index (κ3) is 6.42. The highest BCUT2D eigenvalue weighted by Gasteiger charge is 2.60. The molecule has 0 aromatic heterocycles. The molecule has 4 heteroatoms. The zero-order chi connectivity index (χ0) is 27.0. The van der Waals surface area contributed by atoms with Crippen LogP contribution in [0, 0.1) is 28.1 Å². The van der Waals surface area contributed by atoms with Crippen molar-refractivity contribution in [3.8, 4) is 0 Å². The van der Waals surface area contributed by atoms with Gasteiger partial charge in [0, 0.05) is 26.7 Å². The van der Waals surface area contributed by atoms with Crippen LogP contribution in [-0.2, 0) is 19.1 Å². The topological polar surface area (TPSA) is 52.6 Å². The third-order valence-electron chi connectivity index (χ3n) is 10.1. The molecule has 37 heavy (non-hydrogen) atoms. The number of allylic oxidation sites excluding steroid dienone is 3. The Kier molecular flexibility index (Phi) is 8.17. The average molecular weight is 511 g/mol. The van der Waals surface area contributed by atoms with Gasteiger partial charge in [-0.3, -0.25) is 9.59 Å². The van der Waals surface area contributed by atoms with Crippen LogP contribution in [-0.4, -0.2) is 24.1 Å². The number of carbonyl (C=O) groups excluding carboxylic acids is 2. The molecular formula is C33H50O4. The van der Waals surface area contributed by atoms with Crippen LogP contribution in [0.2, 0.25) is 0 Å². The standard InChI is InChI=1S/C33H50O4/c1-22-26(20-27(36-23(2)34)21-29(22)37-24(3)35)12-11-25-10-8-16-32(7)28(25)13-14-30(32)33(18-19-33)17-9-15-31(4,5)6/h11-12,27-30H,1,8-10,13-21H2,2-7H3/b25-11+,26-12-/t27-,28?,29+,30?,32+/m1/s1. The summed E-state index contributed by atoms with van der Waals surface area (Å²) in [7, 11) is 0. The first-order valence-electron chi connectivity index (χ1n) is 14.8. The molecule has 4 saturated carbocycles. The molecule has 4 rings (SSSR count). The molecule has 0 spiro atoms. The number of rotatable bonds is 7. The monoisotopic (exact) mass is 510 g/mol. The van der Waals surface area contributed by atoms with E-state index in [-0.39, 0.29) is 18.0 Å². The molecule has 2 unspecified atom stereocenters. The SMILES string of the molecule is C=C1/C(=C\C=C2/CCC[C@@]3(C)C2CCC3C2(CCCC(C)(C)C)CC2)C[C@@H](OC(C)=O)C[C@@H]1OC(C)=O. The second kappa shape index (κ2) is 10.7. The highest BCUT2D eigenvalue weighted by Crippen LogP contribution is 2.70. The van der Waals surface area contributed by atoms with Crippen LogP contribution < -0.4 is 0 Å². The maximum absolute atomic E-state index is 11.7. The summed E-state index contributed by atoms with van der Waals surface area (Å²) in [4.78, 5) is 23.3. The Bertz CT molecular complexity index is 959. The van der Waals surface area contributed by atoms with E-state index < -0.39 is 6.10 Å². The van der Waals surface area contributed by atoms with E-state index in [2.05, 4.69) is 46.4 Å². The van der Waals surface area contributed by atoms with Gasteiger partial charge in [0.2, 0.25) is 0 Å². The number of carbonyl (C=O) groups is 2. The van der Waals surface area contributed by atoms with Crippen LogP contribution >= 0.6 is 0 Å². The lowest BCUT2D eigenvalue weighted by Crippen LogP contribution is -2.37. The molecule has 0 aromatic carbocycles. The predicted octanol–water partition coefficient (Wildman–Crippen LogP) is 8.27. The Morgan fingerprint density at radius 2 is 1.76 bits per heavy atom. The van der Waals surface area contributed by atoms with Crippen LogP contribution in [0.25, 0.3) is 0 Å². The van der Waals surface area contributed by atoms with Crippen molar-refractivity contribution < 1.29 is 19.1 Å². The molecule has 5 atom stereocenters. The van der Waals surface area contributed by atoms with Gasteiger partial charge in [-0.15, -0.1) is 0 Å². The fraction of sp³-hybridized carbons (Fsp3) is 0.758. The molecule has 0 N–H and O–H groups in total. The molecule has 0 saturated heterocycles. The molecule has 0 heterocycles. The van der Waals surface area contributed by atoms with E-state index in [9.17, 15) is 9.59 Å². The van der Waals surface area contributed by atoms with Gasteiger partial charge < -0.3 is 9.47 Å². The van der Waals surface area contributed by atoms with E-state index in [1.165, 1.54) is 78.1 Å². The van der Waals surface area contributed by atoms with Crippen molar-refractivity contribution in [1.29, 1.82) is 0 Å². The van der Waals surface area contributed by atoms with Crippen molar-refractivity contribution in [3.05, 3.63) is 35.5 Å². The largest absolute Gasteiger partial charge is 0.462 e. The Morgan fingerprint density at radius 1 is 1.05 bits per heavy atom. The highest BCUT2D eigenvalue weighted by molar-refractivity contribution is 5.67. The molecule has 4 aliphatic rings. The van der Waals surface area contributed by atoms with Crippen molar-refractivity contribution in [3.63, 3.8) is 0 Å². The van der Waals surface area contributed by atoms with E-state index in [0.717, 1.165) is 17.1 Å². The molecule has 4 aliphatic carbocycles. The smallest absolute Gasteiger partial charge is 0.303 e. The molecule has 0 bridgehead atoms. The molecule has 0 amide bonds. The molecule has 0 aromatic rings. The van der Waals surface area contributed by atoms with Gasteiger partial charge in [0.05, 0.1) is 0 Å². The molecule has 4 nitrogen and oxygen atoms in total. The summed E-state index contributed by atoms with van der Waals surface area (Å²) in [5.41, 5.74) is 4.90. The molecule has 0 aliphatic heterocycles. The van der Waals surface area contributed by atoms with Gasteiger partial charge in [0.25, 0.3) is 0 Å². The van der Waals surface area contributed by atoms with Gasteiger partial charge in [-0.2, -0.15) is 0 Å². The second-order valence-corrected chi connectivity index (χ2v) is 14.0. The summed E-state index contributed by atoms with van der Waals surface area (Å²) in [6.45, 7) is 16.8. The zero-order valence-corrected chi connectivity index (χ0v) is 24.3. The highest BCUT2D eigenvalue weighted by atomic mass is 16.6. The number of fused-ring (bicyclic) bond motifs is 1. The van der Waals surface area contributed by atoms with Crippen LogP contribution in [0.5, 0.6) is 0 Å². The van der Waals surface area contributed by atoms with Crippen molar-refractivity contribution in [1.82, 2.24) is 0 Å². The van der Waals surface area contributed by atoms with Gasteiger partial charge in [-0.1, -0.05) is 58.4 Å². The normalized spacial score (nSPS) is 35.4. The first-order valence-corrected chi connectivity index (χ1v) is 14.8. The minimum atomic E-state index is -0.435. The maximum Gasteiger partial charge on any atom is 0.303 e. The minimum Gasteiger partial charge on any atom is -0.462 e. The van der Waals surface area contributed by atoms with Crippen molar-refractivity contribution in [2.45, 2.75) is 131 Å². The summed E-state index contributed by atoms with van der Waals surface area (Å²) in [5.74, 6) is 0.887. The second-order valence-electron chi connectivity index (χ2n) is 14.0. The van der Waals surface area contributed by atoms with E-state index >= 15 is 0 Å². The van der Waals surface area contributed by atoms with Gasteiger partial charge in [-0.25, -0.2) is 0 Å². The Morgan fingerprint density at radius 3 is 2.38 bits per heavy atom. The predicted molar refractivity (Wildman–Crippen MR) is 149 cm³/mol. The Hall–Kier alpha value is -1.84. The molecule has 0 radical (unpaired) electrons. The first-order chi connectivity index (χ1) is 17.3. The lowest BCUT2D eigenvalue weighted by atomic mass is 9.59. The van der Waals surface area contributed by atoms with Crippen molar-refractivity contribution in [2.24, 2.45) is 28.1 Å². The lowest BCUT2D eigenvalue weighted by Gasteiger charge is -2.45. The van der Waals surface area contributed by atoms with Crippen molar-refractivity contribution >= 4 is 11.9 Å². The summed E-state index contributed by atoms with van der Waals surface area (Å²) in [5, 5.41) is 0.